The number of nitrogens with zero attached hydrogens (tertiary/aromatic N) is 5. The van der Waals surface area contributed by atoms with Gasteiger partial charge in [-0.25, -0.2) is 19.9 Å². The van der Waals surface area contributed by atoms with Gasteiger partial charge in [-0.1, -0.05) is 127 Å². The van der Waals surface area contributed by atoms with Crippen LogP contribution >= 0.6 is 0 Å². The van der Waals surface area contributed by atoms with Gasteiger partial charge >= 0.3 is 0 Å². The van der Waals surface area contributed by atoms with Gasteiger partial charge in [0.05, 0.1) is 16.6 Å². The van der Waals surface area contributed by atoms with Crippen molar-refractivity contribution in [3.05, 3.63) is 176 Å². The molecule has 7 aromatic carbocycles. The molecular formula is C46H29N5O. The smallest absolute Gasteiger partial charge is 0.227 e. The van der Waals surface area contributed by atoms with E-state index in [2.05, 4.69) is 95.6 Å². The molecule has 6 heteroatoms. The molecule has 10 aromatic rings. The normalized spacial score (nSPS) is 11.5. The summed E-state index contributed by atoms with van der Waals surface area (Å²) in [6.45, 7) is 0. The first-order valence-corrected chi connectivity index (χ1v) is 17.2. The average molecular weight is 668 g/mol. The fourth-order valence-corrected chi connectivity index (χ4v) is 7.02. The number of oxazole rings is 1. The summed E-state index contributed by atoms with van der Waals surface area (Å²) >= 11 is 0. The van der Waals surface area contributed by atoms with Gasteiger partial charge in [0.2, 0.25) is 5.89 Å². The lowest BCUT2D eigenvalue weighted by Crippen LogP contribution is -2.00. The van der Waals surface area contributed by atoms with Crippen molar-refractivity contribution in [2.45, 2.75) is 0 Å². The van der Waals surface area contributed by atoms with Crippen molar-refractivity contribution >= 4 is 32.9 Å². The predicted molar refractivity (Wildman–Crippen MR) is 209 cm³/mol. The number of rotatable bonds is 6. The largest absolute Gasteiger partial charge is 0.435 e. The molecule has 3 heterocycles. The summed E-state index contributed by atoms with van der Waals surface area (Å²) in [7, 11) is 0. The molecule has 3 aromatic heterocycles. The van der Waals surface area contributed by atoms with E-state index in [0.29, 0.717) is 28.9 Å². The Morgan fingerprint density at radius 3 is 1.81 bits per heavy atom. The lowest BCUT2D eigenvalue weighted by molar-refractivity contribution is 0.620. The first kappa shape index (κ1) is 29.7. The van der Waals surface area contributed by atoms with Crippen molar-refractivity contribution in [3.8, 4) is 62.4 Å². The van der Waals surface area contributed by atoms with E-state index in [1.165, 1.54) is 5.39 Å². The highest BCUT2D eigenvalue weighted by Crippen LogP contribution is 2.37. The van der Waals surface area contributed by atoms with Gasteiger partial charge < -0.3 is 8.98 Å². The van der Waals surface area contributed by atoms with Crippen LogP contribution in [0.4, 0.5) is 0 Å². The van der Waals surface area contributed by atoms with Crippen LogP contribution in [0.5, 0.6) is 0 Å². The molecule has 0 radical (unpaired) electrons. The number of hydrogen-bond acceptors (Lipinski definition) is 5. The molecule has 0 aliphatic rings. The van der Waals surface area contributed by atoms with Crippen LogP contribution in [0.1, 0.15) is 0 Å². The summed E-state index contributed by atoms with van der Waals surface area (Å²) in [5, 5.41) is 2.35. The molecule has 0 aliphatic carbocycles. The number of hydrogen-bond donors (Lipinski definition) is 0. The number of para-hydroxylation sites is 3. The lowest BCUT2D eigenvalue weighted by atomic mass is 10.0. The third-order valence-electron chi connectivity index (χ3n) is 9.49. The topological polar surface area (TPSA) is 69.6 Å². The van der Waals surface area contributed by atoms with Gasteiger partial charge in [-0.05, 0) is 59.7 Å². The maximum atomic E-state index is 6.56. The highest BCUT2D eigenvalue weighted by Gasteiger charge is 2.20. The minimum Gasteiger partial charge on any atom is -0.435 e. The molecule has 52 heavy (non-hydrogen) atoms. The molecule has 0 aliphatic heterocycles. The van der Waals surface area contributed by atoms with Crippen LogP contribution in [-0.2, 0) is 0 Å². The highest BCUT2D eigenvalue weighted by atomic mass is 16.3. The minimum atomic E-state index is 0.513. The summed E-state index contributed by atoms with van der Waals surface area (Å²) in [4.78, 5) is 20.1. The maximum absolute atomic E-state index is 6.56. The van der Waals surface area contributed by atoms with Gasteiger partial charge in [-0.15, -0.1) is 0 Å². The lowest BCUT2D eigenvalue weighted by Gasteiger charge is -2.10. The second-order valence-electron chi connectivity index (χ2n) is 12.7. The minimum absolute atomic E-state index is 0.513. The second kappa shape index (κ2) is 12.3. The molecule has 0 atom stereocenters. The van der Waals surface area contributed by atoms with Crippen LogP contribution in [0.3, 0.4) is 0 Å². The number of fused-ring (bicyclic) bond motifs is 4. The molecule has 6 nitrogen and oxygen atoms in total. The van der Waals surface area contributed by atoms with Gasteiger partial charge in [0, 0.05) is 33.2 Å². The molecule has 0 unspecified atom stereocenters. The van der Waals surface area contributed by atoms with Crippen LogP contribution in [0, 0.1) is 0 Å². The van der Waals surface area contributed by atoms with Crippen LogP contribution < -0.4 is 0 Å². The molecule has 0 saturated heterocycles. The fourth-order valence-electron chi connectivity index (χ4n) is 7.02. The zero-order chi connectivity index (χ0) is 34.4. The van der Waals surface area contributed by atoms with E-state index < -0.39 is 0 Å². The Morgan fingerprint density at radius 2 is 1.00 bits per heavy atom. The standard InChI is InChI=1S/C46H29N5O/c1-4-14-30(15-5-1)32-18-12-19-34(28-32)46-47-39-24-13-23-38(42(39)52-46)45-49-43(31-16-6-2-7-17-31)48-44(50-45)33-26-27-37-36-22-10-11-25-40(36)51(41(37)29-33)35-20-8-3-9-21-35/h1-29H. The maximum Gasteiger partial charge on any atom is 0.227 e. The Hall–Kier alpha value is -7.18. The zero-order valence-electron chi connectivity index (χ0n) is 27.9. The summed E-state index contributed by atoms with van der Waals surface area (Å²) in [5.74, 6) is 2.20. The third kappa shape index (κ3) is 5.13. The average Bonchev–Trinajstić information content (AvgIpc) is 3.81. The first-order valence-electron chi connectivity index (χ1n) is 17.2. The summed E-state index contributed by atoms with van der Waals surface area (Å²) in [6.07, 6.45) is 0. The van der Waals surface area contributed by atoms with E-state index in [9.17, 15) is 0 Å². The molecular weight excluding hydrogens is 639 g/mol. The van der Waals surface area contributed by atoms with Gasteiger partial charge in [-0.2, -0.15) is 0 Å². The molecule has 0 saturated carbocycles. The van der Waals surface area contributed by atoms with E-state index in [0.717, 1.165) is 61.0 Å². The van der Waals surface area contributed by atoms with Crippen molar-refractivity contribution in [1.82, 2.24) is 24.5 Å². The molecule has 10 rings (SSSR count). The third-order valence-corrected chi connectivity index (χ3v) is 9.49. The van der Waals surface area contributed by atoms with E-state index in [-0.39, 0.29) is 0 Å². The van der Waals surface area contributed by atoms with Crippen LogP contribution in [0.2, 0.25) is 0 Å². The highest BCUT2D eigenvalue weighted by molar-refractivity contribution is 6.10. The molecule has 0 bridgehead atoms. The number of benzene rings is 7. The molecule has 0 N–H and O–H groups in total. The van der Waals surface area contributed by atoms with Gasteiger partial charge in [0.1, 0.15) is 5.52 Å². The summed E-state index contributed by atoms with van der Waals surface area (Å²) < 4.78 is 8.87. The molecule has 244 valence electrons. The van der Waals surface area contributed by atoms with Crippen LogP contribution in [0.15, 0.2) is 180 Å². The molecule has 0 spiro atoms. The predicted octanol–water partition coefficient (Wildman–Crippen LogP) is 11.4. The van der Waals surface area contributed by atoms with Crippen LogP contribution in [0.25, 0.3) is 95.3 Å². The van der Waals surface area contributed by atoms with Crippen molar-refractivity contribution in [2.24, 2.45) is 0 Å². The van der Waals surface area contributed by atoms with Crippen molar-refractivity contribution < 1.29 is 4.42 Å². The Balaban J connectivity index is 1.15. The van der Waals surface area contributed by atoms with Crippen LogP contribution in [-0.4, -0.2) is 24.5 Å². The van der Waals surface area contributed by atoms with Gasteiger partial charge in [0.25, 0.3) is 0 Å². The van der Waals surface area contributed by atoms with Gasteiger partial charge in [-0.3, -0.25) is 0 Å². The Labute approximate surface area is 299 Å². The molecule has 0 fully saturated rings. The Morgan fingerprint density at radius 1 is 0.385 bits per heavy atom. The second-order valence-corrected chi connectivity index (χ2v) is 12.7. The van der Waals surface area contributed by atoms with Crippen molar-refractivity contribution in [2.75, 3.05) is 0 Å². The Kier molecular flexibility index (Phi) is 7.03. The fraction of sp³-hybridized carbons (Fsp3) is 0. The van der Waals surface area contributed by atoms with Crippen molar-refractivity contribution in [1.29, 1.82) is 0 Å². The van der Waals surface area contributed by atoms with E-state index in [1.807, 2.05) is 84.9 Å². The van der Waals surface area contributed by atoms with Gasteiger partial charge in [0.15, 0.2) is 23.1 Å². The van der Waals surface area contributed by atoms with E-state index >= 15 is 0 Å². The zero-order valence-corrected chi connectivity index (χ0v) is 27.9. The monoisotopic (exact) mass is 667 g/mol. The van der Waals surface area contributed by atoms with E-state index in [4.69, 9.17) is 24.4 Å². The Bertz CT molecular complexity index is 2900. The first-order chi connectivity index (χ1) is 25.8. The summed E-state index contributed by atoms with van der Waals surface area (Å²) in [6, 6.07) is 60.0. The SMILES string of the molecule is c1ccc(-c2cccc(-c3nc4cccc(-c5nc(-c6ccccc6)nc(-c6ccc7c8ccccc8n(-c8ccccc8)c7c6)n5)c4o3)c2)cc1. The van der Waals surface area contributed by atoms with E-state index in [1.54, 1.807) is 0 Å². The molecule has 0 amide bonds. The van der Waals surface area contributed by atoms with Crippen molar-refractivity contribution in [3.63, 3.8) is 0 Å². The summed E-state index contributed by atoms with van der Waals surface area (Å²) in [5.41, 5.74) is 10.3. The quantitative estimate of drug-likeness (QED) is 0.176. The number of aromatic nitrogens is 5.